The van der Waals surface area contributed by atoms with Crippen LogP contribution in [-0.2, 0) is 16.1 Å². The van der Waals surface area contributed by atoms with Gasteiger partial charge < -0.3 is 24.3 Å². The van der Waals surface area contributed by atoms with E-state index >= 15 is 0 Å². The summed E-state index contributed by atoms with van der Waals surface area (Å²) < 4.78 is 22.0. The third-order valence-electron chi connectivity index (χ3n) is 4.73. The van der Waals surface area contributed by atoms with E-state index < -0.39 is 24.0 Å². The maximum absolute atomic E-state index is 12.7. The van der Waals surface area contributed by atoms with Gasteiger partial charge in [-0.1, -0.05) is 29.8 Å². The van der Waals surface area contributed by atoms with Gasteiger partial charge in [-0.15, -0.1) is 0 Å². The van der Waals surface area contributed by atoms with E-state index in [9.17, 15) is 14.4 Å². The summed E-state index contributed by atoms with van der Waals surface area (Å²) in [5.74, 6) is -0.206. The summed E-state index contributed by atoms with van der Waals surface area (Å²) in [6.07, 6.45) is 0. The first-order chi connectivity index (χ1) is 16.5. The number of benzene rings is 2. The highest BCUT2D eigenvalue weighted by Gasteiger charge is 2.21. The van der Waals surface area contributed by atoms with Crippen molar-refractivity contribution >= 4 is 23.5 Å². The molecule has 1 amide bonds. The Morgan fingerprint density at radius 3 is 2.74 bits per heavy atom. The van der Waals surface area contributed by atoms with Crippen molar-refractivity contribution in [2.45, 2.75) is 13.5 Å². The highest BCUT2D eigenvalue weighted by molar-refractivity contribution is 6.32. The first-order valence-electron chi connectivity index (χ1n) is 10.3. The maximum atomic E-state index is 12.7. The Balaban J connectivity index is 1.48. The highest BCUT2D eigenvalue weighted by Crippen LogP contribution is 2.32. The monoisotopic (exact) mass is 485 g/mol. The van der Waals surface area contributed by atoms with Crippen LogP contribution < -0.4 is 25.1 Å². The molecule has 1 aromatic heterocycles. The Hall–Kier alpha value is -4.05. The first kappa shape index (κ1) is 23.1. The Bertz CT molecular complexity index is 1290. The van der Waals surface area contributed by atoms with Crippen LogP contribution in [0.4, 0.5) is 0 Å². The Morgan fingerprint density at radius 1 is 1.15 bits per heavy atom. The van der Waals surface area contributed by atoms with Crippen molar-refractivity contribution in [3.05, 3.63) is 75.2 Å². The SMILES string of the molecule is CCOC(=O)c1nn(-c2ccccc2Cl)c(=O)cc1OCC(=O)NCc1ccc2c(c1)OCO2. The van der Waals surface area contributed by atoms with Crippen LogP contribution in [0.2, 0.25) is 5.02 Å². The second kappa shape index (κ2) is 10.3. The highest BCUT2D eigenvalue weighted by atomic mass is 35.5. The van der Waals surface area contributed by atoms with E-state index in [1.807, 2.05) is 0 Å². The van der Waals surface area contributed by atoms with E-state index in [2.05, 4.69) is 10.4 Å². The standard InChI is InChI=1S/C23H20ClN3O7/c1-2-31-23(30)22-19(10-21(29)27(26-22)16-6-4-3-5-15(16)24)32-12-20(28)25-11-14-7-8-17-18(9-14)34-13-33-17/h3-10H,2,11-13H2,1H3,(H,25,28). The number of hydrogen-bond acceptors (Lipinski definition) is 8. The van der Waals surface area contributed by atoms with E-state index in [4.69, 9.17) is 30.5 Å². The fraction of sp³-hybridized carbons (Fsp3) is 0.217. The van der Waals surface area contributed by atoms with Crippen molar-refractivity contribution in [3.63, 3.8) is 0 Å². The normalized spacial score (nSPS) is 11.7. The Morgan fingerprint density at radius 2 is 1.94 bits per heavy atom. The Kier molecular flexibility index (Phi) is 6.98. The van der Waals surface area contributed by atoms with Crippen molar-refractivity contribution in [2.75, 3.05) is 20.0 Å². The summed E-state index contributed by atoms with van der Waals surface area (Å²) in [5, 5.41) is 7.05. The van der Waals surface area contributed by atoms with E-state index in [1.165, 1.54) is 0 Å². The van der Waals surface area contributed by atoms with Gasteiger partial charge in [0.05, 0.1) is 23.4 Å². The van der Waals surface area contributed by atoms with Gasteiger partial charge in [0.25, 0.3) is 11.5 Å². The van der Waals surface area contributed by atoms with E-state index in [-0.39, 0.29) is 42.1 Å². The first-order valence-corrected chi connectivity index (χ1v) is 10.7. The number of rotatable bonds is 8. The summed E-state index contributed by atoms with van der Waals surface area (Å²) >= 11 is 6.17. The lowest BCUT2D eigenvalue weighted by Gasteiger charge is -2.13. The van der Waals surface area contributed by atoms with Gasteiger partial charge in [0.15, 0.2) is 23.9 Å². The minimum Gasteiger partial charge on any atom is -0.481 e. The molecule has 10 nitrogen and oxygen atoms in total. The zero-order valence-corrected chi connectivity index (χ0v) is 18.8. The fourth-order valence-electron chi connectivity index (χ4n) is 3.13. The maximum Gasteiger partial charge on any atom is 0.362 e. The molecule has 0 spiro atoms. The summed E-state index contributed by atoms with van der Waals surface area (Å²) in [6, 6.07) is 12.9. The lowest BCUT2D eigenvalue weighted by atomic mass is 10.2. The number of nitrogens with one attached hydrogen (secondary N) is 1. The lowest BCUT2D eigenvalue weighted by Crippen LogP contribution is -2.30. The lowest BCUT2D eigenvalue weighted by molar-refractivity contribution is -0.123. The van der Waals surface area contributed by atoms with Crippen molar-refractivity contribution in [2.24, 2.45) is 0 Å². The average molecular weight is 486 g/mol. The third-order valence-corrected chi connectivity index (χ3v) is 5.05. The van der Waals surface area contributed by atoms with Gasteiger partial charge in [0.1, 0.15) is 0 Å². The molecule has 0 radical (unpaired) electrons. The third kappa shape index (κ3) is 5.12. The van der Waals surface area contributed by atoms with Crippen LogP contribution in [0.3, 0.4) is 0 Å². The van der Waals surface area contributed by atoms with E-state index in [1.54, 1.807) is 49.4 Å². The predicted octanol–water partition coefficient (Wildman–Crippen LogP) is 2.49. The zero-order valence-electron chi connectivity index (χ0n) is 18.1. The average Bonchev–Trinajstić information content (AvgIpc) is 3.30. The van der Waals surface area contributed by atoms with Gasteiger partial charge in [0, 0.05) is 6.54 Å². The summed E-state index contributed by atoms with van der Waals surface area (Å²) in [6.45, 7) is 1.64. The van der Waals surface area contributed by atoms with Crippen molar-refractivity contribution in [3.8, 4) is 22.9 Å². The molecule has 2 heterocycles. The molecule has 2 aromatic carbocycles. The number of fused-ring (bicyclic) bond motifs is 1. The summed E-state index contributed by atoms with van der Waals surface area (Å²) in [5.41, 5.74) is 0.225. The van der Waals surface area contributed by atoms with Gasteiger partial charge in [0.2, 0.25) is 12.5 Å². The molecule has 3 aromatic rings. The Labute approximate surface area is 199 Å². The van der Waals surface area contributed by atoms with Gasteiger partial charge in [-0.05, 0) is 36.8 Å². The van der Waals surface area contributed by atoms with Crippen LogP contribution in [0.5, 0.6) is 17.2 Å². The second-order valence-corrected chi connectivity index (χ2v) is 7.44. The molecule has 4 rings (SSSR count). The number of hydrogen-bond donors (Lipinski definition) is 1. The molecule has 1 aliphatic rings. The molecular weight excluding hydrogens is 466 g/mol. The molecule has 0 bridgehead atoms. The van der Waals surface area contributed by atoms with Crippen molar-refractivity contribution in [1.29, 1.82) is 0 Å². The molecule has 1 aliphatic heterocycles. The summed E-state index contributed by atoms with van der Waals surface area (Å²) in [7, 11) is 0. The molecule has 34 heavy (non-hydrogen) atoms. The van der Waals surface area contributed by atoms with Gasteiger partial charge in [-0.25, -0.2) is 4.79 Å². The number of aromatic nitrogens is 2. The van der Waals surface area contributed by atoms with Crippen LogP contribution >= 0.6 is 11.6 Å². The van der Waals surface area contributed by atoms with E-state index in [0.29, 0.717) is 11.5 Å². The number of nitrogens with zero attached hydrogens (tertiary/aromatic N) is 2. The molecule has 0 atom stereocenters. The van der Waals surface area contributed by atoms with Gasteiger partial charge in [-0.3, -0.25) is 9.59 Å². The number of carbonyl (C=O) groups excluding carboxylic acids is 2. The number of amides is 1. The van der Waals surface area contributed by atoms with Crippen molar-refractivity contribution < 1.29 is 28.5 Å². The number of para-hydroxylation sites is 1. The summed E-state index contributed by atoms with van der Waals surface area (Å²) in [4.78, 5) is 37.4. The quantitative estimate of drug-likeness (QED) is 0.483. The van der Waals surface area contributed by atoms with Crippen LogP contribution in [0.25, 0.3) is 5.69 Å². The topological polar surface area (TPSA) is 118 Å². The fourth-order valence-corrected chi connectivity index (χ4v) is 3.35. The largest absolute Gasteiger partial charge is 0.481 e. The molecule has 11 heteroatoms. The minimum absolute atomic E-state index is 0.0845. The molecule has 0 saturated heterocycles. The van der Waals surface area contributed by atoms with Crippen LogP contribution in [0, 0.1) is 0 Å². The van der Waals surface area contributed by atoms with Crippen LogP contribution in [-0.4, -0.2) is 41.7 Å². The van der Waals surface area contributed by atoms with Crippen LogP contribution in [0.15, 0.2) is 53.3 Å². The van der Waals surface area contributed by atoms with Crippen molar-refractivity contribution in [1.82, 2.24) is 15.1 Å². The molecule has 0 aliphatic carbocycles. The molecular formula is C23H20ClN3O7. The van der Waals surface area contributed by atoms with E-state index in [0.717, 1.165) is 16.3 Å². The number of halogens is 1. The minimum atomic E-state index is -0.806. The zero-order chi connectivity index (χ0) is 24.1. The van der Waals surface area contributed by atoms with Gasteiger partial charge in [-0.2, -0.15) is 9.78 Å². The number of ether oxygens (including phenoxy) is 4. The van der Waals surface area contributed by atoms with Crippen LogP contribution in [0.1, 0.15) is 23.0 Å². The molecule has 176 valence electrons. The second-order valence-electron chi connectivity index (χ2n) is 7.03. The molecule has 1 N–H and O–H groups in total. The molecule has 0 fully saturated rings. The number of carbonyl (C=O) groups is 2. The smallest absolute Gasteiger partial charge is 0.362 e. The molecule has 0 saturated carbocycles. The van der Waals surface area contributed by atoms with Gasteiger partial charge >= 0.3 is 5.97 Å². The number of esters is 1. The predicted molar refractivity (Wildman–Crippen MR) is 121 cm³/mol. The molecule has 0 unspecified atom stereocenters.